The Morgan fingerprint density at radius 3 is 2.68 bits per heavy atom. The average molecular weight is 432 g/mol. The number of amides is 1. The van der Waals surface area contributed by atoms with Gasteiger partial charge in [0.15, 0.2) is 5.13 Å². The molecule has 0 radical (unpaired) electrons. The molecule has 158 valence electrons. The van der Waals surface area contributed by atoms with Gasteiger partial charge in [0.25, 0.3) is 0 Å². The van der Waals surface area contributed by atoms with Gasteiger partial charge in [0, 0.05) is 6.20 Å². The van der Waals surface area contributed by atoms with E-state index in [1.165, 1.54) is 22.5 Å². The van der Waals surface area contributed by atoms with Gasteiger partial charge >= 0.3 is 0 Å². The minimum absolute atomic E-state index is 0.00841. The van der Waals surface area contributed by atoms with E-state index < -0.39 is 0 Å². The number of carbonyl (C=O) groups excluding carboxylic acids is 1. The van der Waals surface area contributed by atoms with E-state index in [9.17, 15) is 4.79 Å². The van der Waals surface area contributed by atoms with Crippen LogP contribution in [0.4, 0.5) is 5.13 Å². The fourth-order valence-corrected chi connectivity index (χ4v) is 4.40. The van der Waals surface area contributed by atoms with Crippen molar-refractivity contribution in [3.8, 4) is 5.75 Å². The highest BCUT2D eigenvalue weighted by Crippen LogP contribution is 2.35. The maximum atomic E-state index is 13.4. The number of thiazole rings is 1. The molecule has 0 fully saturated rings. The lowest BCUT2D eigenvalue weighted by Gasteiger charge is -2.20. The standard InChI is InChI=1S/C25H25N3O2S/c1-4-30-21-9-7-10-22-24(21)27-25(31-22)28(16-20-8-5-6-13-26-20)23(29)15-19-12-11-17(2)18(3)14-19/h5-14H,4,15-16H2,1-3H3. The largest absolute Gasteiger partial charge is 0.492 e. The highest BCUT2D eigenvalue weighted by atomic mass is 32.1. The van der Waals surface area contributed by atoms with Gasteiger partial charge < -0.3 is 4.74 Å². The summed E-state index contributed by atoms with van der Waals surface area (Å²) < 4.78 is 6.73. The first-order chi connectivity index (χ1) is 15.0. The van der Waals surface area contributed by atoms with Gasteiger partial charge in [0.1, 0.15) is 11.3 Å². The SMILES string of the molecule is CCOc1cccc2sc(N(Cc3ccccn3)C(=O)Cc3ccc(C)c(C)c3)nc12. The second-order valence-electron chi connectivity index (χ2n) is 7.43. The highest BCUT2D eigenvalue weighted by molar-refractivity contribution is 7.22. The molecule has 2 aromatic carbocycles. The molecule has 0 aliphatic rings. The second-order valence-corrected chi connectivity index (χ2v) is 8.44. The summed E-state index contributed by atoms with van der Waals surface area (Å²) in [7, 11) is 0. The molecule has 0 atom stereocenters. The predicted molar refractivity (Wildman–Crippen MR) is 126 cm³/mol. The van der Waals surface area contributed by atoms with Crippen LogP contribution >= 0.6 is 11.3 Å². The van der Waals surface area contributed by atoms with E-state index in [-0.39, 0.29) is 5.91 Å². The van der Waals surface area contributed by atoms with Gasteiger partial charge in [-0.3, -0.25) is 14.7 Å². The molecule has 0 N–H and O–H groups in total. The van der Waals surface area contributed by atoms with Gasteiger partial charge in [-0.25, -0.2) is 4.98 Å². The molecular formula is C25H25N3O2S. The van der Waals surface area contributed by atoms with E-state index in [0.717, 1.165) is 27.2 Å². The number of hydrogen-bond acceptors (Lipinski definition) is 5. The van der Waals surface area contributed by atoms with E-state index >= 15 is 0 Å². The van der Waals surface area contributed by atoms with Crippen molar-refractivity contribution in [2.24, 2.45) is 0 Å². The molecule has 0 spiro atoms. The Kier molecular flexibility index (Phi) is 6.28. The molecule has 0 unspecified atom stereocenters. The fourth-order valence-electron chi connectivity index (χ4n) is 3.40. The van der Waals surface area contributed by atoms with Crippen LogP contribution in [0.25, 0.3) is 10.2 Å². The van der Waals surface area contributed by atoms with Crippen molar-refractivity contribution in [1.82, 2.24) is 9.97 Å². The minimum atomic E-state index is -0.00841. The quantitative estimate of drug-likeness (QED) is 0.389. The lowest BCUT2D eigenvalue weighted by atomic mass is 10.0. The van der Waals surface area contributed by atoms with Crippen LogP contribution in [0.5, 0.6) is 5.75 Å². The predicted octanol–water partition coefficient (Wildman–Crippen LogP) is 5.48. The fraction of sp³-hybridized carbons (Fsp3) is 0.240. The molecule has 0 saturated carbocycles. The maximum absolute atomic E-state index is 13.4. The van der Waals surface area contributed by atoms with E-state index in [1.807, 2.05) is 49.4 Å². The van der Waals surface area contributed by atoms with Crippen LogP contribution in [0.3, 0.4) is 0 Å². The average Bonchev–Trinajstić information content (AvgIpc) is 3.20. The van der Waals surface area contributed by atoms with Gasteiger partial charge in [-0.15, -0.1) is 0 Å². The van der Waals surface area contributed by atoms with E-state index in [0.29, 0.717) is 24.7 Å². The van der Waals surface area contributed by atoms with Gasteiger partial charge in [0.2, 0.25) is 5.91 Å². The molecule has 2 heterocycles. The zero-order valence-electron chi connectivity index (χ0n) is 18.0. The molecule has 0 bridgehead atoms. The second kappa shape index (κ2) is 9.27. The summed E-state index contributed by atoms with van der Waals surface area (Å²) in [5.41, 5.74) is 5.00. The lowest BCUT2D eigenvalue weighted by Crippen LogP contribution is -2.32. The van der Waals surface area contributed by atoms with Crippen LogP contribution in [0.1, 0.15) is 29.3 Å². The highest BCUT2D eigenvalue weighted by Gasteiger charge is 2.22. The van der Waals surface area contributed by atoms with Crippen LogP contribution in [0.2, 0.25) is 0 Å². The zero-order chi connectivity index (χ0) is 21.8. The summed E-state index contributed by atoms with van der Waals surface area (Å²) in [4.78, 5) is 24.4. The van der Waals surface area contributed by atoms with Crippen LogP contribution in [-0.4, -0.2) is 22.5 Å². The first kappa shape index (κ1) is 21.0. The third kappa shape index (κ3) is 4.75. The Morgan fingerprint density at radius 2 is 1.94 bits per heavy atom. The number of pyridine rings is 1. The van der Waals surface area contributed by atoms with E-state index in [1.54, 1.807) is 11.1 Å². The first-order valence-electron chi connectivity index (χ1n) is 10.3. The number of nitrogens with zero attached hydrogens (tertiary/aromatic N) is 3. The molecule has 5 nitrogen and oxygen atoms in total. The Balaban J connectivity index is 1.70. The number of ether oxygens (including phenoxy) is 1. The molecule has 1 amide bonds. The van der Waals surface area contributed by atoms with Crippen molar-refractivity contribution in [1.29, 1.82) is 0 Å². The summed E-state index contributed by atoms with van der Waals surface area (Å²) in [6, 6.07) is 17.8. The van der Waals surface area contributed by atoms with Gasteiger partial charge in [-0.1, -0.05) is 41.7 Å². The van der Waals surface area contributed by atoms with Crippen LogP contribution < -0.4 is 9.64 Å². The van der Waals surface area contributed by atoms with Gasteiger partial charge in [-0.05, 0) is 61.7 Å². The summed E-state index contributed by atoms with van der Waals surface area (Å²) in [6.07, 6.45) is 2.05. The Morgan fingerprint density at radius 1 is 1.06 bits per heavy atom. The van der Waals surface area contributed by atoms with Gasteiger partial charge in [-0.2, -0.15) is 0 Å². The molecule has 0 saturated heterocycles. The topological polar surface area (TPSA) is 55.3 Å². The van der Waals surface area contributed by atoms with Crippen molar-refractivity contribution in [2.45, 2.75) is 33.7 Å². The number of aromatic nitrogens is 2. The number of carbonyl (C=O) groups is 1. The van der Waals surface area contributed by atoms with Crippen molar-refractivity contribution in [3.63, 3.8) is 0 Å². The third-order valence-electron chi connectivity index (χ3n) is 5.18. The molecule has 31 heavy (non-hydrogen) atoms. The van der Waals surface area contributed by atoms with Crippen molar-refractivity contribution in [2.75, 3.05) is 11.5 Å². The van der Waals surface area contributed by atoms with Crippen molar-refractivity contribution >= 4 is 32.6 Å². The van der Waals surface area contributed by atoms with Crippen molar-refractivity contribution < 1.29 is 9.53 Å². The van der Waals surface area contributed by atoms with Crippen LogP contribution in [0.15, 0.2) is 60.8 Å². The molecular weight excluding hydrogens is 406 g/mol. The first-order valence-corrected chi connectivity index (χ1v) is 11.2. The number of aryl methyl sites for hydroxylation is 2. The number of para-hydroxylation sites is 1. The molecule has 6 heteroatoms. The molecule has 2 aromatic heterocycles. The van der Waals surface area contributed by atoms with Crippen molar-refractivity contribution in [3.05, 3.63) is 83.2 Å². The number of rotatable bonds is 7. The van der Waals surface area contributed by atoms with Crippen LogP contribution in [0, 0.1) is 13.8 Å². The zero-order valence-corrected chi connectivity index (χ0v) is 18.8. The summed E-state index contributed by atoms with van der Waals surface area (Å²) in [6.45, 7) is 7.03. The van der Waals surface area contributed by atoms with Crippen LogP contribution in [-0.2, 0) is 17.8 Å². The lowest BCUT2D eigenvalue weighted by molar-refractivity contribution is -0.118. The molecule has 4 aromatic rings. The maximum Gasteiger partial charge on any atom is 0.233 e. The number of benzene rings is 2. The number of anilines is 1. The monoisotopic (exact) mass is 431 g/mol. The Bertz CT molecular complexity index is 1200. The minimum Gasteiger partial charge on any atom is -0.492 e. The molecule has 0 aliphatic carbocycles. The summed E-state index contributed by atoms with van der Waals surface area (Å²) >= 11 is 1.50. The van der Waals surface area contributed by atoms with E-state index in [4.69, 9.17) is 9.72 Å². The summed E-state index contributed by atoms with van der Waals surface area (Å²) in [5, 5.41) is 0.654. The van der Waals surface area contributed by atoms with E-state index in [2.05, 4.69) is 31.0 Å². The number of hydrogen-bond donors (Lipinski definition) is 0. The molecule has 0 aliphatic heterocycles. The molecule has 4 rings (SSSR count). The summed E-state index contributed by atoms with van der Waals surface area (Å²) in [5.74, 6) is 0.729. The Hall–Kier alpha value is -3.25. The third-order valence-corrected chi connectivity index (χ3v) is 6.22. The number of fused-ring (bicyclic) bond motifs is 1. The normalized spacial score (nSPS) is 10.9. The smallest absolute Gasteiger partial charge is 0.233 e. The Labute approximate surface area is 186 Å². The van der Waals surface area contributed by atoms with Gasteiger partial charge in [0.05, 0.1) is 30.0 Å².